The Morgan fingerprint density at radius 2 is 1.73 bits per heavy atom. The summed E-state index contributed by atoms with van der Waals surface area (Å²) in [5.74, 6) is -4.48. The highest BCUT2D eigenvalue weighted by Gasteiger charge is 2.32. The fourth-order valence-electron chi connectivity index (χ4n) is 3.66. The van der Waals surface area contributed by atoms with Crippen molar-refractivity contribution in [1.29, 1.82) is 0 Å². The molecule has 5 aromatic rings. The molecule has 3 aromatic heterocycles. The van der Waals surface area contributed by atoms with Crippen LogP contribution < -0.4 is 11.0 Å². The lowest BCUT2D eigenvalue weighted by Crippen LogP contribution is -2.22. The summed E-state index contributed by atoms with van der Waals surface area (Å²) in [6.07, 6.45) is -2.02. The molecular formula is C27H18F5N5O5S2. The van der Waals surface area contributed by atoms with Crippen LogP contribution in [0.1, 0.15) is 36.0 Å². The first kappa shape index (κ1) is 31.9. The second-order valence-corrected chi connectivity index (χ2v) is 10.8. The molecular weight excluding hydrogens is 633 g/mol. The first-order valence-corrected chi connectivity index (χ1v) is 13.7. The molecule has 0 atom stereocenters. The molecule has 228 valence electrons. The zero-order chi connectivity index (χ0) is 32.2. The van der Waals surface area contributed by atoms with Gasteiger partial charge in [0.2, 0.25) is 0 Å². The average Bonchev–Trinajstić information content (AvgIpc) is 3.62. The van der Waals surface area contributed by atoms with E-state index in [1.165, 1.54) is 24.5 Å². The van der Waals surface area contributed by atoms with Crippen molar-refractivity contribution in [1.82, 2.24) is 19.5 Å². The maximum atomic E-state index is 13.4. The van der Waals surface area contributed by atoms with Gasteiger partial charge >= 0.3 is 23.8 Å². The normalized spacial score (nSPS) is 11.0. The first-order chi connectivity index (χ1) is 20.7. The van der Waals surface area contributed by atoms with Gasteiger partial charge in [-0.2, -0.15) is 18.2 Å². The van der Waals surface area contributed by atoms with E-state index in [1.807, 2.05) is 0 Å². The van der Waals surface area contributed by atoms with Gasteiger partial charge in [-0.1, -0.05) is 0 Å². The van der Waals surface area contributed by atoms with Crippen LogP contribution in [0.2, 0.25) is 0 Å². The Morgan fingerprint density at radius 3 is 2.34 bits per heavy atom. The van der Waals surface area contributed by atoms with E-state index in [4.69, 9.17) is 5.11 Å². The Hall–Kier alpha value is -5.03. The summed E-state index contributed by atoms with van der Waals surface area (Å²) in [4.78, 5) is 44.9. The number of hydrogen-bond donors (Lipinski definition) is 3. The van der Waals surface area contributed by atoms with Gasteiger partial charge in [0.25, 0.3) is 0 Å². The minimum Gasteiger partial charge on any atom is -0.478 e. The number of aryl methyl sites for hydroxylation is 1. The number of aromatic nitrogens is 4. The number of carboxylic acid groups (broad SMARTS) is 2. The number of hydrogen-bond acceptors (Lipinski definition) is 9. The quantitative estimate of drug-likeness (QED) is 0.172. The Labute approximate surface area is 251 Å². The zero-order valence-corrected chi connectivity index (χ0v) is 23.7. The molecule has 0 spiro atoms. The molecule has 10 nitrogen and oxygen atoms in total. The Kier molecular flexibility index (Phi) is 9.49. The topological polar surface area (TPSA) is 147 Å². The lowest BCUT2D eigenvalue weighted by atomic mass is 10.0. The van der Waals surface area contributed by atoms with E-state index in [-0.39, 0.29) is 23.4 Å². The van der Waals surface area contributed by atoms with Crippen LogP contribution in [0.25, 0.3) is 11.3 Å². The third-order valence-electron chi connectivity index (χ3n) is 5.74. The molecule has 0 fully saturated rings. The van der Waals surface area contributed by atoms with E-state index in [2.05, 4.69) is 20.3 Å². The molecule has 0 aliphatic rings. The third-order valence-corrected chi connectivity index (χ3v) is 7.61. The SMILES string of the molecule is Cc1cc(Nc2nc(-c3ccc(F)c(F)c3)cs2)c(C(=O)O)cc1C(=O)O.O=c1ncncn1Cc1ccc(C(F)(F)F)s1. The molecule has 44 heavy (non-hydrogen) atoms. The number of thiazole rings is 1. The highest BCUT2D eigenvalue weighted by molar-refractivity contribution is 7.14. The first-order valence-electron chi connectivity index (χ1n) is 12.0. The van der Waals surface area contributed by atoms with Crippen molar-refractivity contribution in [2.75, 3.05) is 5.32 Å². The summed E-state index contributed by atoms with van der Waals surface area (Å²) < 4.78 is 64.6. The van der Waals surface area contributed by atoms with Crippen molar-refractivity contribution < 1.29 is 41.8 Å². The molecule has 0 unspecified atom stereocenters. The van der Waals surface area contributed by atoms with E-state index in [0.717, 1.165) is 46.5 Å². The molecule has 3 heterocycles. The number of nitrogens with zero attached hydrogens (tertiary/aromatic N) is 4. The van der Waals surface area contributed by atoms with Gasteiger partial charge < -0.3 is 15.5 Å². The van der Waals surface area contributed by atoms with E-state index >= 15 is 0 Å². The highest BCUT2D eigenvalue weighted by atomic mass is 32.1. The monoisotopic (exact) mass is 651 g/mol. The molecule has 0 amide bonds. The molecule has 3 N–H and O–H groups in total. The maximum Gasteiger partial charge on any atom is 0.425 e. The summed E-state index contributed by atoms with van der Waals surface area (Å²) >= 11 is 1.74. The van der Waals surface area contributed by atoms with E-state index in [1.54, 1.807) is 12.3 Å². The van der Waals surface area contributed by atoms with Gasteiger partial charge in [0, 0.05) is 15.8 Å². The second kappa shape index (κ2) is 13.1. The molecule has 0 aliphatic carbocycles. The second-order valence-electron chi connectivity index (χ2n) is 8.80. The number of anilines is 2. The van der Waals surface area contributed by atoms with Crippen molar-refractivity contribution in [3.8, 4) is 11.3 Å². The van der Waals surface area contributed by atoms with Crippen LogP contribution in [0.5, 0.6) is 0 Å². The van der Waals surface area contributed by atoms with Crippen molar-refractivity contribution in [2.45, 2.75) is 19.6 Å². The highest BCUT2D eigenvalue weighted by Crippen LogP contribution is 2.35. The molecule has 0 bridgehead atoms. The zero-order valence-electron chi connectivity index (χ0n) is 22.1. The number of thiophene rings is 1. The fourth-order valence-corrected chi connectivity index (χ4v) is 5.27. The molecule has 2 aromatic carbocycles. The molecule has 17 heteroatoms. The maximum absolute atomic E-state index is 13.4. The van der Waals surface area contributed by atoms with Crippen LogP contribution in [0.4, 0.5) is 32.8 Å². The number of aromatic carboxylic acids is 2. The van der Waals surface area contributed by atoms with E-state index in [9.17, 15) is 41.4 Å². The molecule has 0 saturated carbocycles. The standard InChI is InChI=1S/C18H12F2N2O4S.C9H6F3N3OS/c1-8-4-14(11(17(25)26)6-10(8)16(23)24)21-18-22-15(7-27-18)9-2-3-12(19)13(20)5-9;10-9(11,12)7-2-1-6(17-7)3-15-5-13-4-14-8(15)16/h2-7H,1H3,(H,21,22)(H,23,24)(H,25,26);1-2,4-5H,3H2. The van der Waals surface area contributed by atoms with Crippen LogP contribution in [0.15, 0.2) is 65.3 Å². The van der Waals surface area contributed by atoms with Crippen LogP contribution in [0.3, 0.4) is 0 Å². The van der Waals surface area contributed by atoms with Gasteiger partial charge in [0.1, 0.15) is 17.5 Å². The number of halogens is 5. The Morgan fingerprint density at radius 1 is 1.00 bits per heavy atom. The van der Waals surface area contributed by atoms with Crippen LogP contribution in [-0.4, -0.2) is 41.7 Å². The number of alkyl halides is 3. The molecule has 5 rings (SSSR count). The minimum absolute atomic E-state index is 0.0421. The van der Waals surface area contributed by atoms with Crippen molar-refractivity contribution in [3.05, 3.63) is 109 Å². The van der Waals surface area contributed by atoms with E-state index < -0.39 is 40.3 Å². The molecule has 0 saturated heterocycles. The van der Waals surface area contributed by atoms with Gasteiger partial charge in [-0.15, -0.1) is 22.7 Å². The largest absolute Gasteiger partial charge is 0.478 e. The number of carboxylic acids is 2. The fraction of sp³-hybridized carbons (Fsp3) is 0.111. The number of rotatable bonds is 7. The smallest absolute Gasteiger partial charge is 0.425 e. The lowest BCUT2D eigenvalue weighted by molar-refractivity contribution is -0.134. The van der Waals surface area contributed by atoms with E-state index in [0.29, 0.717) is 38.2 Å². The average molecular weight is 652 g/mol. The van der Waals surface area contributed by atoms with Gasteiger partial charge in [-0.05, 0) is 55.0 Å². The van der Waals surface area contributed by atoms with Gasteiger partial charge in [0.05, 0.1) is 29.1 Å². The third kappa shape index (κ3) is 7.67. The number of benzene rings is 2. The van der Waals surface area contributed by atoms with Crippen LogP contribution in [-0.2, 0) is 12.7 Å². The number of carbonyl (C=O) groups is 2. The molecule has 0 aliphatic heterocycles. The van der Waals surface area contributed by atoms with Gasteiger partial charge in [-0.3, -0.25) is 4.57 Å². The van der Waals surface area contributed by atoms with Gasteiger partial charge in [0.15, 0.2) is 16.8 Å². The summed E-state index contributed by atoms with van der Waals surface area (Å²) in [6.45, 7) is 1.59. The summed E-state index contributed by atoms with van der Waals surface area (Å²) in [6, 6.07) is 8.21. The summed E-state index contributed by atoms with van der Waals surface area (Å²) in [7, 11) is 0. The summed E-state index contributed by atoms with van der Waals surface area (Å²) in [5, 5.41) is 23.3. The van der Waals surface area contributed by atoms with Crippen molar-refractivity contribution in [2.24, 2.45) is 0 Å². The van der Waals surface area contributed by atoms with Gasteiger partial charge in [-0.25, -0.2) is 33.1 Å². The minimum atomic E-state index is -4.35. The Balaban J connectivity index is 0.000000223. The predicted octanol–water partition coefficient (Wildman–Crippen LogP) is 6.30. The summed E-state index contributed by atoms with van der Waals surface area (Å²) in [5.41, 5.74) is 0.443. The van der Waals surface area contributed by atoms with Crippen molar-refractivity contribution >= 4 is 45.4 Å². The van der Waals surface area contributed by atoms with Crippen LogP contribution in [0, 0.1) is 18.6 Å². The number of nitrogens with one attached hydrogen (secondary N) is 1. The molecule has 0 radical (unpaired) electrons. The lowest BCUT2D eigenvalue weighted by Gasteiger charge is -2.10. The van der Waals surface area contributed by atoms with Crippen molar-refractivity contribution in [3.63, 3.8) is 0 Å². The predicted molar refractivity (Wildman–Crippen MR) is 151 cm³/mol. The van der Waals surface area contributed by atoms with Crippen LogP contribution >= 0.6 is 22.7 Å². The Bertz CT molecular complexity index is 1900.